The molecule has 0 bridgehead atoms. The van der Waals surface area contributed by atoms with Gasteiger partial charge in [-0.3, -0.25) is 0 Å². The van der Waals surface area contributed by atoms with Crippen LogP contribution in [0.5, 0.6) is 0 Å². The lowest BCUT2D eigenvalue weighted by Crippen LogP contribution is -2.17. The first-order valence-corrected chi connectivity index (χ1v) is 6.90. The molecule has 84 valence electrons. The molecule has 0 radical (unpaired) electrons. The Hall–Kier alpha value is -0.500. The summed E-state index contributed by atoms with van der Waals surface area (Å²) in [7, 11) is 0. The Morgan fingerprint density at radius 1 is 1.31 bits per heavy atom. The number of hydrogen-bond donors (Lipinski definition) is 0. The van der Waals surface area contributed by atoms with Gasteiger partial charge in [0, 0.05) is 27.8 Å². The second-order valence-corrected chi connectivity index (χ2v) is 6.01. The molecule has 1 aromatic rings. The van der Waals surface area contributed by atoms with Gasteiger partial charge in [-0.15, -0.1) is 11.8 Å². The molecule has 1 aliphatic rings. The van der Waals surface area contributed by atoms with Crippen molar-refractivity contribution in [2.45, 2.75) is 23.0 Å². The topological polar surface area (TPSA) is 33.0 Å². The molecule has 4 heteroatoms. The molecule has 1 aliphatic heterocycles. The van der Waals surface area contributed by atoms with Crippen molar-refractivity contribution in [3.63, 3.8) is 0 Å². The molecule has 1 aromatic carbocycles. The molecule has 0 saturated carbocycles. The number of halogens is 1. The van der Waals surface area contributed by atoms with Crippen molar-refractivity contribution in [2.75, 3.05) is 13.2 Å². The summed E-state index contributed by atoms with van der Waals surface area (Å²) >= 11 is 5.28. The van der Waals surface area contributed by atoms with Crippen LogP contribution in [-0.4, -0.2) is 18.5 Å². The summed E-state index contributed by atoms with van der Waals surface area (Å²) in [5, 5.41) is 9.51. The minimum absolute atomic E-state index is 0.620. The van der Waals surface area contributed by atoms with Crippen molar-refractivity contribution in [1.29, 1.82) is 5.26 Å². The van der Waals surface area contributed by atoms with Crippen LogP contribution in [0, 0.1) is 11.3 Å². The maximum Gasteiger partial charge on any atom is 0.0992 e. The zero-order valence-corrected chi connectivity index (χ0v) is 11.2. The highest BCUT2D eigenvalue weighted by atomic mass is 79.9. The highest BCUT2D eigenvalue weighted by molar-refractivity contribution is 9.10. The number of nitrogens with zero attached hydrogens (tertiary/aromatic N) is 1. The number of nitriles is 1. The molecule has 0 aromatic heterocycles. The Balaban J connectivity index is 2.08. The van der Waals surface area contributed by atoms with E-state index in [0.29, 0.717) is 10.8 Å². The molecule has 16 heavy (non-hydrogen) atoms. The zero-order chi connectivity index (χ0) is 11.4. The predicted octanol–water partition coefficient (Wildman–Crippen LogP) is 3.59. The van der Waals surface area contributed by atoms with Gasteiger partial charge in [-0.25, -0.2) is 0 Å². The van der Waals surface area contributed by atoms with Crippen LogP contribution < -0.4 is 0 Å². The van der Waals surface area contributed by atoms with Gasteiger partial charge in [0.05, 0.1) is 11.6 Å². The van der Waals surface area contributed by atoms with Gasteiger partial charge in [-0.05, 0) is 31.0 Å². The van der Waals surface area contributed by atoms with Crippen molar-refractivity contribution < 1.29 is 4.74 Å². The van der Waals surface area contributed by atoms with Crippen LogP contribution >= 0.6 is 27.7 Å². The largest absolute Gasteiger partial charge is 0.381 e. The Bertz CT molecular complexity index is 410. The highest BCUT2D eigenvalue weighted by Crippen LogP contribution is 2.32. The summed E-state index contributed by atoms with van der Waals surface area (Å²) in [6.07, 6.45) is 2.19. The first kappa shape index (κ1) is 12.0. The van der Waals surface area contributed by atoms with E-state index in [1.165, 1.54) is 0 Å². The number of benzene rings is 1. The number of ether oxygens (including phenoxy) is 1. The maximum absolute atomic E-state index is 8.89. The normalized spacial score (nSPS) is 17.0. The minimum Gasteiger partial charge on any atom is -0.381 e. The van der Waals surface area contributed by atoms with Crippen LogP contribution in [0.15, 0.2) is 27.6 Å². The molecule has 0 unspecified atom stereocenters. The lowest BCUT2D eigenvalue weighted by Gasteiger charge is -2.21. The van der Waals surface area contributed by atoms with E-state index < -0.39 is 0 Å². The first-order valence-electron chi connectivity index (χ1n) is 5.23. The number of hydrogen-bond acceptors (Lipinski definition) is 3. The average molecular weight is 298 g/mol. The molecule has 0 spiro atoms. The van der Waals surface area contributed by atoms with Gasteiger partial charge >= 0.3 is 0 Å². The fourth-order valence-corrected chi connectivity index (χ4v) is 3.53. The summed E-state index contributed by atoms with van der Waals surface area (Å²) in [4.78, 5) is 1.16. The first-order chi connectivity index (χ1) is 7.78. The smallest absolute Gasteiger partial charge is 0.0992 e. The van der Waals surface area contributed by atoms with Crippen molar-refractivity contribution in [2.24, 2.45) is 0 Å². The van der Waals surface area contributed by atoms with Crippen LogP contribution in [0.4, 0.5) is 0 Å². The van der Waals surface area contributed by atoms with Gasteiger partial charge in [0.1, 0.15) is 0 Å². The minimum atomic E-state index is 0.620. The standard InChI is InChI=1S/C12H12BrNOS/c13-10-5-9(8-14)6-12(7-10)16-11-1-3-15-4-2-11/h5-7,11H,1-4H2. The number of thioether (sulfide) groups is 1. The summed E-state index contributed by atoms with van der Waals surface area (Å²) in [5.74, 6) is 0. The van der Waals surface area contributed by atoms with E-state index in [1.54, 1.807) is 0 Å². The van der Waals surface area contributed by atoms with E-state index in [1.807, 2.05) is 23.9 Å². The van der Waals surface area contributed by atoms with Crippen molar-refractivity contribution >= 4 is 27.7 Å². The predicted molar refractivity (Wildman–Crippen MR) is 68.6 cm³/mol. The van der Waals surface area contributed by atoms with Crippen LogP contribution in [0.1, 0.15) is 18.4 Å². The SMILES string of the molecule is N#Cc1cc(Br)cc(SC2CCOCC2)c1. The van der Waals surface area contributed by atoms with Crippen LogP contribution in [0.2, 0.25) is 0 Å². The zero-order valence-electron chi connectivity index (χ0n) is 8.78. The van der Waals surface area contributed by atoms with Crippen molar-refractivity contribution in [3.05, 3.63) is 28.2 Å². The van der Waals surface area contributed by atoms with Gasteiger partial charge in [-0.2, -0.15) is 5.26 Å². The highest BCUT2D eigenvalue weighted by Gasteiger charge is 2.15. The van der Waals surface area contributed by atoms with E-state index in [0.717, 1.165) is 35.4 Å². The Kier molecular flexibility index (Phi) is 4.28. The molecule has 0 amide bonds. The molecular formula is C12H12BrNOS. The summed E-state index contributed by atoms with van der Waals surface area (Å²) in [5.41, 5.74) is 0.712. The van der Waals surface area contributed by atoms with Gasteiger partial charge < -0.3 is 4.74 Å². The summed E-state index contributed by atoms with van der Waals surface area (Å²) in [6, 6.07) is 8.04. The van der Waals surface area contributed by atoms with E-state index >= 15 is 0 Å². The molecule has 2 rings (SSSR count). The van der Waals surface area contributed by atoms with Gasteiger partial charge in [0.2, 0.25) is 0 Å². The Morgan fingerprint density at radius 3 is 2.75 bits per heavy atom. The molecule has 0 N–H and O–H groups in total. The van der Waals surface area contributed by atoms with Crippen LogP contribution in [0.25, 0.3) is 0 Å². The lowest BCUT2D eigenvalue weighted by molar-refractivity contribution is 0.100. The quantitative estimate of drug-likeness (QED) is 0.836. The van der Waals surface area contributed by atoms with E-state index in [2.05, 4.69) is 28.1 Å². The molecule has 1 saturated heterocycles. The number of rotatable bonds is 2. The summed E-state index contributed by atoms with van der Waals surface area (Å²) in [6.45, 7) is 1.72. The third-order valence-electron chi connectivity index (χ3n) is 2.47. The Morgan fingerprint density at radius 2 is 2.06 bits per heavy atom. The van der Waals surface area contributed by atoms with E-state index in [4.69, 9.17) is 10.00 Å². The van der Waals surface area contributed by atoms with Gasteiger partial charge in [0.15, 0.2) is 0 Å². The molecule has 2 nitrogen and oxygen atoms in total. The van der Waals surface area contributed by atoms with E-state index in [-0.39, 0.29) is 0 Å². The second-order valence-electron chi connectivity index (χ2n) is 3.72. The van der Waals surface area contributed by atoms with Crippen molar-refractivity contribution in [3.8, 4) is 6.07 Å². The third kappa shape index (κ3) is 3.24. The van der Waals surface area contributed by atoms with E-state index in [9.17, 15) is 0 Å². The molecule has 1 fully saturated rings. The van der Waals surface area contributed by atoms with Gasteiger partial charge in [0.25, 0.3) is 0 Å². The van der Waals surface area contributed by atoms with Gasteiger partial charge in [-0.1, -0.05) is 15.9 Å². The fraction of sp³-hybridized carbons (Fsp3) is 0.417. The summed E-state index contributed by atoms with van der Waals surface area (Å²) < 4.78 is 6.30. The molecule has 1 heterocycles. The lowest BCUT2D eigenvalue weighted by atomic mass is 10.2. The van der Waals surface area contributed by atoms with Crippen LogP contribution in [0.3, 0.4) is 0 Å². The fourth-order valence-electron chi connectivity index (χ4n) is 1.68. The third-order valence-corrected chi connectivity index (χ3v) is 4.24. The monoisotopic (exact) mass is 297 g/mol. The molecule has 0 atom stereocenters. The van der Waals surface area contributed by atoms with Crippen molar-refractivity contribution in [1.82, 2.24) is 0 Å². The molecular weight excluding hydrogens is 286 g/mol. The second kappa shape index (κ2) is 5.72. The maximum atomic E-state index is 8.89. The Labute approximate surface area is 108 Å². The van der Waals surface area contributed by atoms with Crippen LogP contribution in [-0.2, 0) is 4.74 Å². The molecule has 0 aliphatic carbocycles. The average Bonchev–Trinajstić information content (AvgIpc) is 2.29.